The molecule has 1 aromatic carbocycles. The van der Waals surface area contributed by atoms with Crippen LogP contribution in [0.15, 0.2) is 18.2 Å². The fourth-order valence-electron chi connectivity index (χ4n) is 1.48. The molecule has 1 aromatic heterocycles. The highest BCUT2D eigenvalue weighted by Crippen LogP contribution is 2.16. The number of H-pyrrole nitrogens is 1. The van der Waals surface area contributed by atoms with E-state index in [0.29, 0.717) is 6.42 Å². The van der Waals surface area contributed by atoms with Crippen LogP contribution < -0.4 is 0 Å². The van der Waals surface area contributed by atoms with Gasteiger partial charge in [0.2, 0.25) is 0 Å². The quantitative estimate of drug-likeness (QED) is 0.726. The van der Waals surface area contributed by atoms with E-state index in [4.69, 9.17) is 5.11 Å². The van der Waals surface area contributed by atoms with E-state index >= 15 is 0 Å². The van der Waals surface area contributed by atoms with Gasteiger partial charge in [0, 0.05) is 17.7 Å². The van der Waals surface area contributed by atoms with Crippen LogP contribution in [-0.2, 0) is 6.42 Å². The summed E-state index contributed by atoms with van der Waals surface area (Å²) in [6, 6.07) is 6.08. The number of aromatic nitrogens is 2. The van der Waals surface area contributed by atoms with Crippen molar-refractivity contribution in [2.45, 2.75) is 13.3 Å². The Kier molecular flexibility index (Phi) is 2.02. The molecule has 0 amide bonds. The molecule has 0 unspecified atom stereocenters. The van der Waals surface area contributed by atoms with Crippen molar-refractivity contribution in [3.63, 3.8) is 0 Å². The molecule has 0 radical (unpaired) electrons. The molecule has 2 aromatic rings. The van der Waals surface area contributed by atoms with Crippen LogP contribution in [0.4, 0.5) is 0 Å². The summed E-state index contributed by atoms with van der Waals surface area (Å²) in [5.41, 5.74) is 3.19. The number of aromatic amines is 1. The van der Waals surface area contributed by atoms with E-state index < -0.39 is 0 Å². The predicted molar refractivity (Wildman–Crippen MR) is 51.6 cm³/mol. The van der Waals surface area contributed by atoms with Crippen molar-refractivity contribution < 1.29 is 5.11 Å². The third-order valence-corrected chi connectivity index (χ3v) is 2.21. The molecule has 0 bridgehead atoms. The largest absolute Gasteiger partial charge is 0.396 e. The van der Waals surface area contributed by atoms with E-state index in [9.17, 15) is 0 Å². The average Bonchev–Trinajstić information content (AvgIpc) is 2.48. The molecule has 2 N–H and O–H groups in total. The number of nitrogens with zero attached hydrogens (tertiary/aromatic N) is 1. The summed E-state index contributed by atoms with van der Waals surface area (Å²) in [6.45, 7) is 2.19. The van der Waals surface area contributed by atoms with E-state index in [2.05, 4.69) is 10.2 Å². The third-order valence-electron chi connectivity index (χ3n) is 2.21. The van der Waals surface area contributed by atoms with E-state index in [-0.39, 0.29) is 6.61 Å². The normalized spacial score (nSPS) is 10.9. The lowest BCUT2D eigenvalue weighted by atomic mass is 10.1. The maximum Gasteiger partial charge on any atom is 0.0926 e. The molecule has 13 heavy (non-hydrogen) atoms. The first-order valence-corrected chi connectivity index (χ1v) is 4.36. The second-order valence-electron chi connectivity index (χ2n) is 3.17. The van der Waals surface area contributed by atoms with Gasteiger partial charge in [-0.05, 0) is 25.0 Å². The minimum absolute atomic E-state index is 0.189. The topological polar surface area (TPSA) is 48.9 Å². The van der Waals surface area contributed by atoms with E-state index in [0.717, 1.165) is 22.2 Å². The van der Waals surface area contributed by atoms with Crippen LogP contribution in [0.1, 0.15) is 11.3 Å². The van der Waals surface area contributed by atoms with Crippen molar-refractivity contribution >= 4 is 10.9 Å². The Morgan fingerprint density at radius 1 is 1.46 bits per heavy atom. The number of nitrogens with one attached hydrogen (secondary N) is 1. The predicted octanol–water partition coefficient (Wildman–Crippen LogP) is 1.41. The van der Waals surface area contributed by atoms with Crippen LogP contribution in [-0.4, -0.2) is 21.9 Å². The number of benzene rings is 1. The molecule has 3 heteroatoms. The van der Waals surface area contributed by atoms with Crippen LogP contribution in [0.3, 0.4) is 0 Å². The number of fused-ring (bicyclic) bond motifs is 1. The molecule has 0 fully saturated rings. The number of hydrogen-bond acceptors (Lipinski definition) is 2. The zero-order valence-electron chi connectivity index (χ0n) is 7.54. The van der Waals surface area contributed by atoms with Crippen molar-refractivity contribution in [2.75, 3.05) is 6.61 Å². The second-order valence-corrected chi connectivity index (χ2v) is 3.17. The summed E-state index contributed by atoms with van der Waals surface area (Å²) in [6.07, 6.45) is 0.696. The minimum atomic E-state index is 0.189. The molecule has 0 aliphatic rings. The van der Waals surface area contributed by atoms with E-state index in [1.54, 1.807) is 0 Å². The molecule has 0 saturated carbocycles. The lowest BCUT2D eigenvalue weighted by Crippen LogP contribution is -1.89. The van der Waals surface area contributed by atoms with Gasteiger partial charge in [-0.25, -0.2) is 0 Å². The zero-order chi connectivity index (χ0) is 9.26. The monoisotopic (exact) mass is 176 g/mol. The van der Waals surface area contributed by atoms with Crippen LogP contribution >= 0.6 is 0 Å². The summed E-state index contributed by atoms with van der Waals surface area (Å²) in [7, 11) is 0. The second kappa shape index (κ2) is 3.18. The molecule has 0 spiro atoms. The molecule has 0 aliphatic heterocycles. The molecule has 1 heterocycles. The Hall–Kier alpha value is -1.35. The van der Waals surface area contributed by atoms with Crippen molar-refractivity contribution in [1.82, 2.24) is 10.2 Å². The lowest BCUT2D eigenvalue weighted by molar-refractivity contribution is 0.299. The zero-order valence-corrected chi connectivity index (χ0v) is 7.54. The highest BCUT2D eigenvalue weighted by Gasteiger charge is 2.01. The lowest BCUT2D eigenvalue weighted by Gasteiger charge is -1.96. The van der Waals surface area contributed by atoms with E-state index in [1.807, 2.05) is 25.1 Å². The van der Waals surface area contributed by atoms with Gasteiger partial charge in [-0.3, -0.25) is 5.10 Å². The van der Waals surface area contributed by atoms with E-state index in [1.165, 1.54) is 0 Å². The standard InChI is InChI=1S/C10H12N2O/c1-7-9-3-2-8(4-5-13)6-10(9)12-11-7/h2-3,6,13H,4-5H2,1H3,(H,11,12). The highest BCUT2D eigenvalue weighted by atomic mass is 16.2. The van der Waals surface area contributed by atoms with Gasteiger partial charge >= 0.3 is 0 Å². The molecule has 0 atom stereocenters. The summed E-state index contributed by atoms with van der Waals surface area (Å²) >= 11 is 0. The maximum absolute atomic E-state index is 8.77. The number of aliphatic hydroxyl groups excluding tert-OH is 1. The Morgan fingerprint density at radius 3 is 3.08 bits per heavy atom. The molecular weight excluding hydrogens is 164 g/mol. The van der Waals surface area contributed by atoms with Gasteiger partial charge in [-0.1, -0.05) is 12.1 Å². The fraction of sp³-hybridized carbons (Fsp3) is 0.300. The average molecular weight is 176 g/mol. The molecule has 0 saturated heterocycles. The molecule has 2 rings (SSSR count). The SMILES string of the molecule is Cc1[nH]nc2cc(CCO)ccc12. The van der Waals surface area contributed by atoms with Crippen molar-refractivity contribution in [2.24, 2.45) is 0 Å². The van der Waals surface area contributed by atoms with Crippen LogP contribution in [0.2, 0.25) is 0 Å². The molecule has 68 valence electrons. The molecule has 3 nitrogen and oxygen atoms in total. The first kappa shape index (κ1) is 8.26. The summed E-state index contributed by atoms with van der Waals surface area (Å²) in [5, 5.41) is 17.0. The van der Waals surface area contributed by atoms with Gasteiger partial charge in [0.25, 0.3) is 0 Å². The first-order valence-electron chi connectivity index (χ1n) is 4.36. The Labute approximate surface area is 76.4 Å². The van der Waals surface area contributed by atoms with Gasteiger partial charge in [0.15, 0.2) is 0 Å². The van der Waals surface area contributed by atoms with Gasteiger partial charge in [0.05, 0.1) is 5.52 Å². The van der Waals surface area contributed by atoms with Crippen LogP contribution in [0.5, 0.6) is 0 Å². The number of aryl methyl sites for hydroxylation is 1. The third kappa shape index (κ3) is 1.42. The van der Waals surface area contributed by atoms with Gasteiger partial charge < -0.3 is 5.11 Å². The Bertz CT molecular complexity index is 420. The van der Waals surface area contributed by atoms with Crippen molar-refractivity contribution in [1.29, 1.82) is 0 Å². The first-order chi connectivity index (χ1) is 6.31. The van der Waals surface area contributed by atoms with Crippen molar-refractivity contribution in [3.05, 3.63) is 29.5 Å². The number of rotatable bonds is 2. The highest BCUT2D eigenvalue weighted by molar-refractivity contribution is 5.81. The maximum atomic E-state index is 8.77. The van der Waals surface area contributed by atoms with Crippen molar-refractivity contribution in [3.8, 4) is 0 Å². The Morgan fingerprint density at radius 2 is 2.31 bits per heavy atom. The minimum Gasteiger partial charge on any atom is -0.396 e. The fourth-order valence-corrected chi connectivity index (χ4v) is 1.48. The summed E-state index contributed by atoms with van der Waals surface area (Å²) < 4.78 is 0. The van der Waals surface area contributed by atoms with Crippen LogP contribution in [0.25, 0.3) is 10.9 Å². The summed E-state index contributed by atoms with van der Waals surface area (Å²) in [4.78, 5) is 0. The smallest absolute Gasteiger partial charge is 0.0926 e. The molecular formula is C10H12N2O. The van der Waals surface area contributed by atoms with Gasteiger partial charge in [-0.2, -0.15) is 5.10 Å². The van der Waals surface area contributed by atoms with Gasteiger partial charge in [0.1, 0.15) is 0 Å². The number of hydrogen-bond donors (Lipinski definition) is 2. The number of aliphatic hydroxyl groups is 1. The molecule has 0 aliphatic carbocycles. The van der Waals surface area contributed by atoms with Crippen LogP contribution in [0, 0.1) is 6.92 Å². The summed E-state index contributed by atoms with van der Waals surface area (Å²) in [5.74, 6) is 0. The Balaban J connectivity index is 2.50. The van der Waals surface area contributed by atoms with Gasteiger partial charge in [-0.15, -0.1) is 0 Å².